The van der Waals surface area contributed by atoms with Gasteiger partial charge in [-0.25, -0.2) is 0 Å². The molecule has 118 valence electrons. The number of benzene rings is 1. The molecule has 1 heteroatoms. The van der Waals surface area contributed by atoms with E-state index in [0.29, 0.717) is 5.41 Å². The summed E-state index contributed by atoms with van der Waals surface area (Å²) in [5.41, 5.74) is 2.12. The molecule has 3 atom stereocenters. The second-order valence-corrected chi connectivity index (χ2v) is 7.29. The number of rotatable bonds is 3. The first-order valence-electron chi connectivity index (χ1n) is 8.89. The quantitative estimate of drug-likeness (QED) is 0.723. The zero-order chi connectivity index (χ0) is 15.5. The number of hydrogen-bond acceptors (Lipinski definition) is 1. The Kier molecular flexibility index (Phi) is 5.48. The van der Waals surface area contributed by atoms with Gasteiger partial charge in [0.2, 0.25) is 0 Å². The Bertz CT molecular complexity index is 425. The van der Waals surface area contributed by atoms with Crippen LogP contribution in [0.2, 0.25) is 0 Å². The maximum atomic E-state index is 2.72. The highest BCUT2D eigenvalue weighted by Crippen LogP contribution is 2.54. The smallest absolute Gasteiger partial charge is 0.0237 e. The Morgan fingerprint density at radius 3 is 2.38 bits per heavy atom. The Balaban J connectivity index is 0.000000774. The highest BCUT2D eigenvalue weighted by Gasteiger charge is 2.55. The lowest BCUT2D eigenvalue weighted by Gasteiger charge is -2.59. The summed E-state index contributed by atoms with van der Waals surface area (Å²) in [5, 5.41) is 0. The molecular formula is C20H33N. The summed E-state index contributed by atoms with van der Waals surface area (Å²) in [6.45, 7) is 13.7. The second kappa shape index (κ2) is 6.96. The van der Waals surface area contributed by atoms with Crippen molar-refractivity contribution in [3.05, 3.63) is 35.9 Å². The number of nitrogens with zero attached hydrogens (tertiary/aromatic N) is 1. The lowest BCUT2D eigenvalue weighted by atomic mass is 9.65. The van der Waals surface area contributed by atoms with Gasteiger partial charge in [-0.15, -0.1) is 0 Å². The third-order valence-corrected chi connectivity index (χ3v) is 5.29. The van der Waals surface area contributed by atoms with Crippen LogP contribution < -0.4 is 0 Å². The van der Waals surface area contributed by atoms with Crippen molar-refractivity contribution in [2.24, 2.45) is 17.3 Å². The highest BCUT2D eigenvalue weighted by molar-refractivity contribution is 5.17. The van der Waals surface area contributed by atoms with Gasteiger partial charge in [0.25, 0.3) is 0 Å². The Morgan fingerprint density at radius 1 is 1.19 bits per heavy atom. The summed E-state index contributed by atoms with van der Waals surface area (Å²) in [4.78, 5) is 2.72. The lowest BCUT2D eigenvalue weighted by molar-refractivity contribution is -0.102. The molecule has 0 radical (unpaired) electrons. The molecule has 1 aromatic carbocycles. The van der Waals surface area contributed by atoms with E-state index in [4.69, 9.17) is 0 Å². The van der Waals surface area contributed by atoms with Crippen LogP contribution in [0.25, 0.3) is 0 Å². The molecule has 0 aromatic heterocycles. The lowest BCUT2D eigenvalue weighted by Crippen LogP contribution is -2.65. The highest BCUT2D eigenvalue weighted by atomic mass is 15.3. The summed E-state index contributed by atoms with van der Waals surface area (Å²) < 4.78 is 0. The van der Waals surface area contributed by atoms with E-state index < -0.39 is 0 Å². The van der Waals surface area contributed by atoms with Gasteiger partial charge in [-0.2, -0.15) is 0 Å². The van der Waals surface area contributed by atoms with E-state index in [9.17, 15) is 0 Å². The average Bonchev–Trinajstić information content (AvgIpc) is 2.84. The van der Waals surface area contributed by atoms with Crippen molar-refractivity contribution >= 4 is 0 Å². The Labute approximate surface area is 131 Å². The normalized spacial score (nSPS) is 31.9. The van der Waals surface area contributed by atoms with Crippen molar-refractivity contribution in [2.45, 2.75) is 66.5 Å². The van der Waals surface area contributed by atoms with Crippen LogP contribution in [0.15, 0.2) is 30.3 Å². The topological polar surface area (TPSA) is 3.24 Å². The van der Waals surface area contributed by atoms with Crippen LogP contribution in [0, 0.1) is 17.3 Å². The molecule has 1 nitrogen and oxygen atoms in total. The van der Waals surface area contributed by atoms with Crippen LogP contribution >= 0.6 is 0 Å². The summed E-state index contributed by atoms with van der Waals surface area (Å²) in [6, 6.07) is 11.8. The molecule has 0 bridgehead atoms. The first kappa shape index (κ1) is 16.5. The van der Waals surface area contributed by atoms with E-state index in [0.717, 1.165) is 24.4 Å². The monoisotopic (exact) mass is 287 g/mol. The molecule has 3 rings (SSSR count). The average molecular weight is 287 g/mol. The maximum absolute atomic E-state index is 2.72. The van der Waals surface area contributed by atoms with E-state index in [1.807, 2.05) is 13.8 Å². The van der Waals surface area contributed by atoms with Crippen LogP contribution in [-0.2, 0) is 6.54 Å². The molecule has 1 saturated heterocycles. The van der Waals surface area contributed by atoms with Gasteiger partial charge in [0, 0.05) is 19.1 Å². The molecule has 2 aliphatic rings. The third kappa shape index (κ3) is 3.34. The second-order valence-electron chi connectivity index (χ2n) is 7.29. The van der Waals surface area contributed by atoms with Crippen LogP contribution in [0.4, 0.5) is 0 Å². The van der Waals surface area contributed by atoms with Crippen molar-refractivity contribution in [2.75, 3.05) is 6.54 Å². The zero-order valence-electron chi connectivity index (χ0n) is 14.6. The predicted molar refractivity (Wildman–Crippen MR) is 92.3 cm³/mol. The zero-order valence-corrected chi connectivity index (χ0v) is 14.6. The van der Waals surface area contributed by atoms with Crippen LogP contribution in [-0.4, -0.2) is 17.5 Å². The SMILES string of the molecule is CC.CC1CCC2(C1)CN(Cc1ccccc1)C2C(C)C. The minimum Gasteiger partial charge on any atom is -0.295 e. The first-order chi connectivity index (χ1) is 10.1. The number of likely N-dealkylation sites (tertiary alicyclic amines) is 1. The van der Waals surface area contributed by atoms with Gasteiger partial charge in [0.15, 0.2) is 0 Å². The van der Waals surface area contributed by atoms with Gasteiger partial charge in [0.1, 0.15) is 0 Å². The standard InChI is InChI=1S/C18H27N.C2H6/c1-14(2)17-18(10-9-15(3)11-18)13-19(17)12-16-7-5-4-6-8-16;1-2/h4-8,14-15,17H,9-13H2,1-3H3;1-2H3. The van der Waals surface area contributed by atoms with E-state index in [1.54, 1.807) is 0 Å². The van der Waals surface area contributed by atoms with Crippen LogP contribution in [0.3, 0.4) is 0 Å². The van der Waals surface area contributed by atoms with Crippen molar-refractivity contribution in [1.29, 1.82) is 0 Å². The predicted octanol–water partition coefficient (Wildman–Crippen LogP) is 5.36. The minimum absolute atomic E-state index is 0.655. The van der Waals surface area contributed by atoms with Gasteiger partial charge >= 0.3 is 0 Å². The largest absolute Gasteiger partial charge is 0.295 e. The van der Waals surface area contributed by atoms with Gasteiger partial charge < -0.3 is 0 Å². The van der Waals surface area contributed by atoms with Crippen molar-refractivity contribution < 1.29 is 0 Å². The van der Waals surface area contributed by atoms with Crippen LogP contribution in [0.5, 0.6) is 0 Å². The Hall–Kier alpha value is -0.820. The van der Waals surface area contributed by atoms with Crippen molar-refractivity contribution in [1.82, 2.24) is 4.90 Å². The molecule has 21 heavy (non-hydrogen) atoms. The molecule has 1 aliphatic carbocycles. The summed E-state index contributed by atoms with van der Waals surface area (Å²) in [7, 11) is 0. The van der Waals surface area contributed by atoms with Gasteiger partial charge in [0.05, 0.1) is 0 Å². The van der Waals surface area contributed by atoms with Gasteiger partial charge in [-0.1, -0.05) is 71.4 Å². The van der Waals surface area contributed by atoms with E-state index in [-0.39, 0.29) is 0 Å². The first-order valence-corrected chi connectivity index (χ1v) is 8.89. The summed E-state index contributed by atoms with van der Waals surface area (Å²) in [6.07, 6.45) is 4.37. The molecule has 3 unspecified atom stereocenters. The Morgan fingerprint density at radius 2 is 1.86 bits per heavy atom. The summed E-state index contributed by atoms with van der Waals surface area (Å²) in [5.74, 6) is 1.72. The fraction of sp³-hybridized carbons (Fsp3) is 0.700. The molecule has 0 amide bonds. The fourth-order valence-electron chi connectivity index (χ4n) is 4.82. The molecule has 0 N–H and O–H groups in total. The molecular weight excluding hydrogens is 254 g/mol. The summed E-state index contributed by atoms with van der Waals surface area (Å²) >= 11 is 0. The number of hydrogen-bond donors (Lipinski definition) is 0. The molecule has 1 saturated carbocycles. The minimum atomic E-state index is 0.655. The van der Waals surface area contributed by atoms with Crippen LogP contribution in [0.1, 0.15) is 59.4 Å². The van der Waals surface area contributed by atoms with E-state index in [1.165, 1.54) is 31.4 Å². The van der Waals surface area contributed by atoms with Crippen molar-refractivity contribution in [3.63, 3.8) is 0 Å². The maximum Gasteiger partial charge on any atom is 0.0237 e. The van der Waals surface area contributed by atoms with E-state index in [2.05, 4.69) is 56.0 Å². The van der Waals surface area contributed by atoms with Crippen molar-refractivity contribution in [3.8, 4) is 0 Å². The molecule has 1 spiro atoms. The third-order valence-electron chi connectivity index (χ3n) is 5.29. The van der Waals surface area contributed by atoms with Gasteiger partial charge in [-0.3, -0.25) is 4.90 Å². The fourth-order valence-corrected chi connectivity index (χ4v) is 4.82. The molecule has 1 aromatic rings. The molecule has 1 heterocycles. The molecule has 2 fully saturated rings. The van der Waals surface area contributed by atoms with E-state index >= 15 is 0 Å². The van der Waals surface area contributed by atoms with Gasteiger partial charge in [-0.05, 0) is 35.7 Å². The molecule has 1 aliphatic heterocycles.